The SMILES string of the molecule is CCCC(=O)N(Cc1ccc(OC)cc1)[C@H](C(=O)NC[C@H]1CCCO1)c1ccccc1. The van der Waals surface area contributed by atoms with E-state index in [1.165, 1.54) is 0 Å². The summed E-state index contributed by atoms with van der Waals surface area (Å²) in [5.74, 6) is 0.531. The van der Waals surface area contributed by atoms with Gasteiger partial charge in [0, 0.05) is 26.1 Å². The molecule has 0 aromatic heterocycles. The van der Waals surface area contributed by atoms with Crippen molar-refractivity contribution in [3.8, 4) is 5.75 Å². The highest BCUT2D eigenvalue weighted by atomic mass is 16.5. The van der Waals surface area contributed by atoms with Gasteiger partial charge in [-0.3, -0.25) is 9.59 Å². The second kappa shape index (κ2) is 11.5. The predicted octanol–water partition coefficient (Wildman–Crippen LogP) is 3.86. The van der Waals surface area contributed by atoms with E-state index in [2.05, 4.69) is 5.32 Å². The zero-order valence-electron chi connectivity index (χ0n) is 18.4. The normalized spacial score (nSPS) is 16.5. The van der Waals surface area contributed by atoms with Crippen LogP contribution in [0.15, 0.2) is 54.6 Å². The zero-order valence-corrected chi connectivity index (χ0v) is 18.4. The minimum atomic E-state index is -0.705. The van der Waals surface area contributed by atoms with E-state index in [4.69, 9.17) is 9.47 Å². The number of hydrogen-bond donors (Lipinski definition) is 1. The van der Waals surface area contributed by atoms with Gasteiger partial charge in [-0.15, -0.1) is 0 Å². The Labute approximate surface area is 184 Å². The van der Waals surface area contributed by atoms with E-state index in [-0.39, 0.29) is 17.9 Å². The van der Waals surface area contributed by atoms with Crippen LogP contribution < -0.4 is 10.1 Å². The first kappa shape index (κ1) is 22.8. The van der Waals surface area contributed by atoms with Crippen LogP contribution in [-0.2, 0) is 20.9 Å². The largest absolute Gasteiger partial charge is 0.497 e. The summed E-state index contributed by atoms with van der Waals surface area (Å²) in [7, 11) is 1.62. The minimum absolute atomic E-state index is 0.0422. The van der Waals surface area contributed by atoms with Crippen molar-refractivity contribution in [3.05, 3.63) is 65.7 Å². The Kier molecular flexibility index (Phi) is 8.47. The maximum absolute atomic E-state index is 13.4. The number of hydrogen-bond acceptors (Lipinski definition) is 4. The van der Waals surface area contributed by atoms with E-state index >= 15 is 0 Å². The van der Waals surface area contributed by atoms with Crippen LogP contribution in [0, 0.1) is 0 Å². The predicted molar refractivity (Wildman–Crippen MR) is 120 cm³/mol. The van der Waals surface area contributed by atoms with Crippen molar-refractivity contribution in [3.63, 3.8) is 0 Å². The molecule has 1 heterocycles. The van der Waals surface area contributed by atoms with Crippen molar-refractivity contribution in [2.75, 3.05) is 20.3 Å². The average molecular weight is 425 g/mol. The first-order chi connectivity index (χ1) is 15.1. The molecular weight excluding hydrogens is 392 g/mol. The Morgan fingerprint density at radius 1 is 1.16 bits per heavy atom. The molecule has 0 saturated carbocycles. The average Bonchev–Trinajstić information content (AvgIpc) is 3.32. The number of amides is 2. The summed E-state index contributed by atoms with van der Waals surface area (Å²) in [5.41, 5.74) is 1.74. The van der Waals surface area contributed by atoms with Crippen LogP contribution >= 0.6 is 0 Å². The third-order valence-corrected chi connectivity index (χ3v) is 5.50. The van der Waals surface area contributed by atoms with Gasteiger partial charge in [0.1, 0.15) is 11.8 Å². The first-order valence-corrected chi connectivity index (χ1v) is 11.0. The van der Waals surface area contributed by atoms with Gasteiger partial charge >= 0.3 is 0 Å². The molecule has 2 atom stereocenters. The third kappa shape index (κ3) is 6.31. The topological polar surface area (TPSA) is 67.9 Å². The van der Waals surface area contributed by atoms with E-state index in [0.717, 1.165) is 42.7 Å². The minimum Gasteiger partial charge on any atom is -0.497 e. The summed E-state index contributed by atoms with van der Waals surface area (Å²) in [6, 6.07) is 16.4. The van der Waals surface area contributed by atoms with Crippen LogP contribution in [0.25, 0.3) is 0 Å². The maximum Gasteiger partial charge on any atom is 0.247 e. The Morgan fingerprint density at radius 2 is 1.90 bits per heavy atom. The second-order valence-corrected chi connectivity index (χ2v) is 7.81. The number of nitrogens with zero attached hydrogens (tertiary/aromatic N) is 1. The Hall–Kier alpha value is -2.86. The number of methoxy groups -OCH3 is 1. The van der Waals surface area contributed by atoms with Crippen LogP contribution in [-0.4, -0.2) is 43.1 Å². The second-order valence-electron chi connectivity index (χ2n) is 7.81. The van der Waals surface area contributed by atoms with Gasteiger partial charge in [0.2, 0.25) is 11.8 Å². The molecule has 3 rings (SSSR count). The fourth-order valence-corrected chi connectivity index (χ4v) is 3.83. The lowest BCUT2D eigenvalue weighted by Gasteiger charge is -2.32. The highest BCUT2D eigenvalue weighted by molar-refractivity contribution is 5.88. The molecule has 2 amide bonds. The standard InChI is InChI=1S/C25H32N2O4/c1-3-8-23(28)27(18-19-12-14-21(30-2)15-13-19)24(20-9-5-4-6-10-20)25(29)26-17-22-11-7-16-31-22/h4-6,9-10,12-15,22,24H,3,7-8,11,16-18H2,1-2H3,(H,26,29)/t22-,24+/m1/s1. The Morgan fingerprint density at radius 3 is 2.52 bits per heavy atom. The first-order valence-electron chi connectivity index (χ1n) is 11.0. The summed E-state index contributed by atoms with van der Waals surface area (Å²) in [6.45, 7) is 3.51. The monoisotopic (exact) mass is 424 g/mol. The molecule has 6 nitrogen and oxygen atoms in total. The molecule has 166 valence electrons. The van der Waals surface area contributed by atoms with Gasteiger partial charge in [-0.1, -0.05) is 49.4 Å². The van der Waals surface area contributed by atoms with Crippen LogP contribution in [0.2, 0.25) is 0 Å². The van der Waals surface area contributed by atoms with Crippen molar-refractivity contribution < 1.29 is 19.1 Å². The van der Waals surface area contributed by atoms with Gasteiger partial charge in [-0.2, -0.15) is 0 Å². The fourth-order valence-electron chi connectivity index (χ4n) is 3.83. The van der Waals surface area contributed by atoms with Gasteiger partial charge < -0.3 is 19.7 Å². The molecule has 0 aliphatic carbocycles. The molecule has 1 fully saturated rings. The van der Waals surface area contributed by atoms with Gasteiger partial charge in [-0.25, -0.2) is 0 Å². The fraction of sp³-hybridized carbons (Fsp3) is 0.440. The molecule has 2 aromatic rings. The quantitative estimate of drug-likeness (QED) is 0.629. The number of carbonyl (C=O) groups excluding carboxylic acids is 2. The van der Waals surface area contributed by atoms with E-state index in [1.807, 2.05) is 61.5 Å². The highest BCUT2D eigenvalue weighted by Crippen LogP contribution is 2.26. The summed E-state index contributed by atoms with van der Waals surface area (Å²) in [6.07, 6.45) is 3.11. The lowest BCUT2D eigenvalue weighted by atomic mass is 10.0. The molecule has 1 aliphatic rings. The molecule has 2 aromatic carbocycles. The van der Waals surface area contributed by atoms with E-state index < -0.39 is 6.04 Å². The number of rotatable bonds is 10. The zero-order chi connectivity index (χ0) is 22.1. The van der Waals surface area contributed by atoms with Gasteiger partial charge in [0.15, 0.2) is 0 Å². The summed E-state index contributed by atoms with van der Waals surface area (Å²) < 4.78 is 10.9. The van der Waals surface area contributed by atoms with E-state index in [1.54, 1.807) is 12.0 Å². The van der Waals surface area contributed by atoms with Gasteiger partial charge in [-0.05, 0) is 42.5 Å². The summed E-state index contributed by atoms with van der Waals surface area (Å²) in [4.78, 5) is 28.2. The summed E-state index contributed by atoms with van der Waals surface area (Å²) in [5, 5.41) is 3.03. The highest BCUT2D eigenvalue weighted by Gasteiger charge is 2.31. The number of nitrogens with one attached hydrogen (secondary N) is 1. The van der Waals surface area contributed by atoms with Crippen molar-refractivity contribution in [2.45, 2.75) is 51.3 Å². The Bertz CT molecular complexity index is 832. The van der Waals surface area contributed by atoms with Crippen LogP contribution in [0.5, 0.6) is 5.75 Å². The molecule has 1 N–H and O–H groups in total. The Balaban J connectivity index is 1.87. The molecular formula is C25H32N2O4. The number of carbonyl (C=O) groups is 2. The number of ether oxygens (including phenoxy) is 2. The molecule has 0 radical (unpaired) electrons. The van der Waals surface area contributed by atoms with E-state index in [0.29, 0.717) is 19.5 Å². The van der Waals surface area contributed by atoms with Crippen LogP contribution in [0.4, 0.5) is 0 Å². The molecule has 6 heteroatoms. The lowest BCUT2D eigenvalue weighted by Crippen LogP contribution is -2.45. The smallest absolute Gasteiger partial charge is 0.247 e. The van der Waals surface area contributed by atoms with Crippen molar-refractivity contribution >= 4 is 11.8 Å². The molecule has 1 saturated heterocycles. The summed E-state index contributed by atoms with van der Waals surface area (Å²) >= 11 is 0. The van der Waals surface area contributed by atoms with Crippen molar-refractivity contribution in [1.82, 2.24) is 10.2 Å². The van der Waals surface area contributed by atoms with Crippen LogP contribution in [0.3, 0.4) is 0 Å². The third-order valence-electron chi connectivity index (χ3n) is 5.50. The van der Waals surface area contributed by atoms with Gasteiger partial charge in [0.25, 0.3) is 0 Å². The van der Waals surface area contributed by atoms with Crippen molar-refractivity contribution in [2.24, 2.45) is 0 Å². The van der Waals surface area contributed by atoms with E-state index in [9.17, 15) is 9.59 Å². The van der Waals surface area contributed by atoms with Crippen LogP contribution in [0.1, 0.15) is 49.8 Å². The molecule has 0 spiro atoms. The molecule has 0 bridgehead atoms. The molecule has 0 unspecified atom stereocenters. The number of benzene rings is 2. The maximum atomic E-state index is 13.4. The molecule has 1 aliphatic heterocycles. The van der Waals surface area contributed by atoms with Gasteiger partial charge in [0.05, 0.1) is 13.2 Å². The molecule has 31 heavy (non-hydrogen) atoms. The lowest BCUT2D eigenvalue weighted by molar-refractivity contribution is -0.141. The van der Waals surface area contributed by atoms with Crippen molar-refractivity contribution in [1.29, 1.82) is 0 Å².